The Kier molecular flexibility index (Phi) is 19.8. The lowest BCUT2D eigenvalue weighted by molar-refractivity contribution is -0.138. The number of carbonyl (C=O) groups is 2. The number of carboxylic acid groups (broad SMARTS) is 2. The Hall–Kier alpha value is -9.90. The SMILES string of the molecule is COC[C@H]1COC[C@H]1n1c(Cc2cc(F)c(-c3ccc(F)c(OCc4ccc(C(F)(F)F)cc4)n3)cc2F)nc2ccc(C(=O)O)cc21.COC[C@H]1COC[C@H]1n1c(Cc2cc(F)c(-c3ccc(F)c(OCc4ccc(C(F)(F)F)cc4)n3)cc2F)nc2ccc(C(=O)O)cc21. The van der Waals surface area contributed by atoms with Gasteiger partial charge in [-0.1, -0.05) is 24.3 Å². The zero-order chi connectivity index (χ0) is 68.3. The fraction of sp³-hybridized carbons (Fsp3) is 0.265. The van der Waals surface area contributed by atoms with Crippen LogP contribution < -0.4 is 9.47 Å². The summed E-state index contributed by atoms with van der Waals surface area (Å²) >= 11 is 0. The van der Waals surface area contributed by atoms with Gasteiger partial charge in [0.05, 0.1) is 107 Å². The minimum absolute atomic E-state index is 0.0356. The molecule has 0 radical (unpaired) electrons. The van der Waals surface area contributed by atoms with Gasteiger partial charge in [0.1, 0.15) is 48.1 Å². The molecule has 10 aromatic rings. The molecular formula is C68H54F12N6O10. The van der Waals surface area contributed by atoms with Gasteiger partial charge in [0, 0.05) is 50.0 Å². The zero-order valence-corrected chi connectivity index (χ0v) is 50.5. The minimum atomic E-state index is -4.52. The second-order valence-corrected chi connectivity index (χ2v) is 22.6. The highest BCUT2D eigenvalue weighted by molar-refractivity contribution is 5.93. The number of hydrogen-bond acceptors (Lipinski definition) is 12. The van der Waals surface area contributed by atoms with Gasteiger partial charge in [-0.05, 0) is 131 Å². The van der Waals surface area contributed by atoms with Crippen LogP contribution in [0.1, 0.15) is 77.8 Å². The summed E-state index contributed by atoms with van der Waals surface area (Å²) in [5.41, 5.74) is -0.0252. The van der Waals surface area contributed by atoms with Gasteiger partial charge < -0.3 is 47.8 Å². The van der Waals surface area contributed by atoms with Gasteiger partial charge in [0.25, 0.3) is 11.8 Å². The molecule has 0 spiro atoms. The number of aromatic nitrogens is 6. The van der Waals surface area contributed by atoms with Crippen LogP contribution in [0.25, 0.3) is 44.6 Å². The van der Waals surface area contributed by atoms with Crippen molar-refractivity contribution in [3.63, 3.8) is 0 Å². The van der Waals surface area contributed by atoms with Gasteiger partial charge in [-0.15, -0.1) is 0 Å². The first-order chi connectivity index (χ1) is 45.8. The molecule has 6 aromatic carbocycles. The average Bonchev–Trinajstić information content (AvgIpc) is 1.62. The summed E-state index contributed by atoms with van der Waals surface area (Å²) in [7, 11) is 3.10. The fourth-order valence-electron chi connectivity index (χ4n) is 11.4. The Morgan fingerprint density at radius 3 is 1.22 bits per heavy atom. The van der Waals surface area contributed by atoms with E-state index < -0.39 is 82.1 Å². The third-order valence-corrected chi connectivity index (χ3v) is 16.2. The van der Waals surface area contributed by atoms with E-state index in [1.807, 2.05) is 0 Å². The van der Waals surface area contributed by atoms with E-state index in [1.54, 1.807) is 35.5 Å². The third-order valence-electron chi connectivity index (χ3n) is 16.2. The van der Waals surface area contributed by atoms with E-state index in [1.165, 1.54) is 48.5 Å². The number of fused-ring (bicyclic) bond motifs is 2. The second-order valence-electron chi connectivity index (χ2n) is 22.6. The maximum absolute atomic E-state index is 15.7. The van der Waals surface area contributed by atoms with Crippen molar-refractivity contribution in [2.24, 2.45) is 11.8 Å². The highest BCUT2D eigenvalue weighted by Crippen LogP contribution is 2.38. The van der Waals surface area contributed by atoms with Gasteiger partial charge in [0.15, 0.2) is 11.6 Å². The van der Waals surface area contributed by atoms with E-state index in [-0.39, 0.29) is 108 Å². The van der Waals surface area contributed by atoms with Gasteiger partial charge in [-0.2, -0.15) is 26.3 Å². The molecule has 0 amide bonds. The molecule has 0 unspecified atom stereocenters. The zero-order valence-electron chi connectivity index (χ0n) is 50.5. The number of hydrogen-bond donors (Lipinski definition) is 2. The van der Waals surface area contributed by atoms with Crippen LogP contribution in [0.3, 0.4) is 0 Å². The summed E-state index contributed by atoms with van der Waals surface area (Å²) < 4.78 is 205. The van der Waals surface area contributed by atoms with E-state index in [9.17, 15) is 54.9 Å². The first-order valence-electron chi connectivity index (χ1n) is 29.3. The normalized spacial score (nSPS) is 16.5. The van der Waals surface area contributed by atoms with Crippen molar-refractivity contribution < 1.29 is 101 Å². The Labute approximate surface area is 537 Å². The van der Waals surface area contributed by atoms with Crippen LogP contribution in [0.5, 0.6) is 11.8 Å². The van der Waals surface area contributed by atoms with Crippen molar-refractivity contribution in [2.75, 3.05) is 53.9 Å². The van der Waals surface area contributed by atoms with Crippen molar-refractivity contribution in [3.05, 3.63) is 225 Å². The van der Waals surface area contributed by atoms with E-state index in [0.29, 0.717) is 71.3 Å². The molecule has 0 bridgehead atoms. The summed E-state index contributed by atoms with van der Waals surface area (Å²) in [5, 5.41) is 19.2. The quantitative estimate of drug-likeness (QED) is 0.0685. The van der Waals surface area contributed by atoms with Gasteiger partial charge in [-0.25, -0.2) is 55.9 Å². The van der Waals surface area contributed by atoms with E-state index in [4.69, 9.17) is 28.4 Å². The summed E-state index contributed by atoms with van der Waals surface area (Å²) in [5.74, 6) is -8.00. The van der Waals surface area contributed by atoms with Crippen LogP contribution in [-0.4, -0.2) is 105 Å². The predicted octanol–water partition coefficient (Wildman–Crippen LogP) is 14.5. The Bertz CT molecular complexity index is 4240. The monoisotopic (exact) mass is 1340 g/mol. The van der Waals surface area contributed by atoms with Crippen molar-refractivity contribution in [1.29, 1.82) is 0 Å². The highest BCUT2D eigenvalue weighted by Gasteiger charge is 2.36. The number of pyridine rings is 2. The van der Waals surface area contributed by atoms with Crippen molar-refractivity contribution in [3.8, 4) is 34.3 Å². The fourth-order valence-corrected chi connectivity index (χ4v) is 11.4. The summed E-state index contributed by atoms with van der Waals surface area (Å²) in [4.78, 5) is 40.7. The van der Waals surface area contributed by atoms with E-state index in [0.717, 1.165) is 72.8 Å². The predicted molar refractivity (Wildman–Crippen MR) is 320 cm³/mol. The van der Waals surface area contributed by atoms with E-state index in [2.05, 4.69) is 19.9 Å². The molecule has 4 atom stereocenters. The number of aromatic carboxylic acids is 2. The van der Waals surface area contributed by atoms with Crippen LogP contribution in [0, 0.1) is 46.7 Å². The Morgan fingerprint density at radius 2 is 0.865 bits per heavy atom. The van der Waals surface area contributed by atoms with Crippen LogP contribution in [-0.2, 0) is 57.4 Å². The molecule has 28 heteroatoms. The molecule has 0 saturated carbocycles. The molecule has 2 fully saturated rings. The number of halogens is 12. The third kappa shape index (κ3) is 14.8. The van der Waals surface area contributed by atoms with Crippen molar-refractivity contribution in [1.82, 2.24) is 29.1 Å². The molecule has 16 nitrogen and oxygen atoms in total. The van der Waals surface area contributed by atoms with Crippen LogP contribution in [0.4, 0.5) is 52.7 Å². The molecule has 4 aromatic heterocycles. The maximum Gasteiger partial charge on any atom is 0.416 e. The number of rotatable bonds is 20. The Balaban J connectivity index is 0.000000195. The number of methoxy groups -OCH3 is 2. The molecule has 2 saturated heterocycles. The van der Waals surface area contributed by atoms with Gasteiger partial charge in [0.2, 0.25) is 0 Å². The van der Waals surface area contributed by atoms with Gasteiger partial charge in [-0.3, -0.25) is 0 Å². The molecule has 0 aliphatic carbocycles. The molecule has 2 aliphatic heterocycles. The number of benzene rings is 6. The van der Waals surface area contributed by atoms with Gasteiger partial charge >= 0.3 is 24.3 Å². The molecule has 6 heterocycles. The summed E-state index contributed by atoms with van der Waals surface area (Å²) in [6.07, 6.45) is -9.35. The van der Waals surface area contributed by atoms with Crippen LogP contribution >= 0.6 is 0 Å². The topological polar surface area (TPSA) is 191 Å². The lowest BCUT2D eigenvalue weighted by Crippen LogP contribution is -2.23. The summed E-state index contributed by atoms with van der Waals surface area (Å²) in [6.45, 7) is 1.37. The largest absolute Gasteiger partial charge is 0.478 e. The van der Waals surface area contributed by atoms with Crippen LogP contribution in [0.15, 0.2) is 133 Å². The van der Waals surface area contributed by atoms with E-state index >= 15 is 17.6 Å². The van der Waals surface area contributed by atoms with Crippen LogP contribution in [0.2, 0.25) is 0 Å². The first kappa shape index (κ1) is 67.5. The average molecular weight is 1340 g/mol. The standard InChI is InChI=1S/2C34H27F6N3O5/c2*1-46-15-21-16-47-17-30(21)43-29-11-19(33(44)45)4-8-28(29)41-31(43)12-20-10-26(37)23(13-25(20)36)27-9-7-24(35)32(42-27)48-14-18-2-5-22(6-3-18)34(38,39)40/h2*2-11,13,21,30H,12,14-17H2,1H3,(H,44,45)/t2*21-,30+/m00/s1. The van der Waals surface area contributed by atoms with Crippen molar-refractivity contribution >= 4 is 34.0 Å². The number of alkyl halides is 6. The molecule has 12 rings (SSSR count). The first-order valence-corrected chi connectivity index (χ1v) is 29.3. The molecule has 96 heavy (non-hydrogen) atoms. The lowest BCUT2D eigenvalue weighted by Gasteiger charge is -2.22. The summed E-state index contributed by atoms with van der Waals surface area (Å²) in [6, 6.07) is 24.5. The molecule has 2 N–H and O–H groups in total. The molecular weight excluding hydrogens is 1290 g/mol. The number of nitrogens with zero attached hydrogens (tertiary/aromatic N) is 6. The minimum Gasteiger partial charge on any atom is -0.478 e. The molecule has 2 aliphatic rings. The van der Waals surface area contributed by atoms with Crippen molar-refractivity contribution in [2.45, 2.75) is 50.5 Å². The number of carboxylic acids is 2. The highest BCUT2D eigenvalue weighted by atomic mass is 19.4. The second kappa shape index (κ2) is 28.2. The smallest absolute Gasteiger partial charge is 0.416 e. The lowest BCUT2D eigenvalue weighted by atomic mass is 10.0. The maximum atomic E-state index is 15.7. The Morgan fingerprint density at radius 1 is 0.479 bits per heavy atom. The number of ether oxygens (including phenoxy) is 6. The number of imidazole rings is 2. The molecule has 500 valence electrons.